The molecule has 2 aliphatic rings. The van der Waals surface area contributed by atoms with Gasteiger partial charge >= 0.3 is 12.0 Å². The largest absolute Gasteiger partial charge is 0.478 e. The van der Waals surface area contributed by atoms with E-state index in [1.807, 2.05) is 0 Å². The van der Waals surface area contributed by atoms with Crippen LogP contribution < -0.4 is 10.6 Å². The Bertz CT molecular complexity index is 608. The molecular formula is C19H26N2O4. The van der Waals surface area contributed by atoms with Crippen LogP contribution in [0.3, 0.4) is 0 Å². The number of hydrogen-bond acceptors (Lipinski definition) is 3. The zero-order valence-electron chi connectivity index (χ0n) is 14.4. The van der Waals surface area contributed by atoms with Crippen LogP contribution >= 0.6 is 0 Å². The van der Waals surface area contributed by atoms with Gasteiger partial charge in [-0.05, 0) is 43.4 Å². The van der Waals surface area contributed by atoms with Crippen molar-refractivity contribution in [2.24, 2.45) is 0 Å². The van der Waals surface area contributed by atoms with Gasteiger partial charge in [0.25, 0.3) is 0 Å². The normalized spacial score (nSPS) is 21.8. The minimum atomic E-state index is -0.954. The number of urea groups is 1. The lowest BCUT2D eigenvalue weighted by Gasteiger charge is -2.33. The molecule has 6 heteroatoms. The molecule has 1 saturated heterocycles. The van der Waals surface area contributed by atoms with Gasteiger partial charge in [-0.3, -0.25) is 0 Å². The third-order valence-corrected chi connectivity index (χ3v) is 5.25. The first-order chi connectivity index (χ1) is 12.1. The molecule has 1 heterocycles. The summed E-state index contributed by atoms with van der Waals surface area (Å²) in [6.45, 7) is 0.896. The summed E-state index contributed by atoms with van der Waals surface area (Å²) in [7, 11) is 0. The van der Waals surface area contributed by atoms with Gasteiger partial charge in [-0.2, -0.15) is 0 Å². The Morgan fingerprint density at radius 3 is 2.48 bits per heavy atom. The second-order valence-corrected chi connectivity index (χ2v) is 7.09. The number of carbonyl (C=O) groups excluding carboxylic acids is 1. The highest BCUT2D eigenvalue weighted by atomic mass is 16.5. The van der Waals surface area contributed by atoms with E-state index in [4.69, 9.17) is 9.84 Å². The van der Waals surface area contributed by atoms with Gasteiger partial charge in [0, 0.05) is 13.1 Å². The predicted molar refractivity (Wildman–Crippen MR) is 93.6 cm³/mol. The Labute approximate surface area is 147 Å². The molecule has 25 heavy (non-hydrogen) atoms. The van der Waals surface area contributed by atoms with E-state index >= 15 is 0 Å². The average Bonchev–Trinajstić information content (AvgIpc) is 3.01. The van der Waals surface area contributed by atoms with Gasteiger partial charge in [-0.15, -0.1) is 0 Å². The molecule has 1 aliphatic carbocycles. The lowest BCUT2D eigenvalue weighted by Crippen LogP contribution is -2.40. The van der Waals surface area contributed by atoms with Gasteiger partial charge in [-0.1, -0.05) is 31.4 Å². The highest BCUT2D eigenvalue weighted by molar-refractivity contribution is 5.87. The minimum Gasteiger partial charge on any atom is -0.478 e. The molecule has 0 radical (unpaired) electrons. The van der Waals surface area contributed by atoms with Crippen LogP contribution in [0.1, 0.15) is 60.9 Å². The quantitative estimate of drug-likeness (QED) is 0.764. The number of carboxylic acid groups (broad SMARTS) is 1. The standard InChI is InChI=1S/C19H26N2O4/c22-17(23)15-6-4-14(5-7-15)12-20-18(24)21-13-16-8-11-19(25-16)9-2-1-3-10-19/h4-7,16H,1-3,8-13H2,(H,22,23)(H2,20,21,24). The molecule has 1 aromatic rings. The maximum atomic E-state index is 11.9. The second kappa shape index (κ2) is 7.87. The molecule has 1 atom stereocenters. The number of ether oxygens (including phenoxy) is 1. The number of benzene rings is 1. The zero-order valence-corrected chi connectivity index (χ0v) is 14.4. The summed E-state index contributed by atoms with van der Waals surface area (Å²) in [6.07, 6.45) is 8.35. The van der Waals surface area contributed by atoms with E-state index in [1.54, 1.807) is 12.1 Å². The van der Waals surface area contributed by atoms with Crippen LogP contribution in [0.4, 0.5) is 4.79 Å². The summed E-state index contributed by atoms with van der Waals surface area (Å²) >= 11 is 0. The van der Waals surface area contributed by atoms with Crippen molar-refractivity contribution in [3.8, 4) is 0 Å². The first-order valence-electron chi connectivity index (χ1n) is 9.08. The average molecular weight is 346 g/mol. The van der Waals surface area contributed by atoms with E-state index in [0.29, 0.717) is 13.1 Å². The van der Waals surface area contributed by atoms with Crippen molar-refractivity contribution in [2.45, 2.75) is 63.2 Å². The van der Waals surface area contributed by atoms with Crippen LogP contribution in [0.2, 0.25) is 0 Å². The fraction of sp³-hybridized carbons (Fsp3) is 0.579. The summed E-state index contributed by atoms with van der Waals surface area (Å²) < 4.78 is 6.24. The number of amides is 2. The van der Waals surface area contributed by atoms with Gasteiger partial charge in [-0.25, -0.2) is 9.59 Å². The first kappa shape index (κ1) is 17.7. The van der Waals surface area contributed by atoms with Crippen molar-refractivity contribution in [1.29, 1.82) is 0 Å². The lowest BCUT2D eigenvalue weighted by molar-refractivity contribution is -0.0616. The molecule has 136 valence electrons. The van der Waals surface area contributed by atoms with Crippen LogP contribution in [0, 0.1) is 0 Å². The molecule has 3 N–H and O–H groups in total. The summed E-state index contributed by atoms with van der Waals surface area (Å²) in [5.74, 6) is -0.954. The smallest absolute Gasteiger partial charge is 0.335 e. The van der Waals surface area contributed by atoms with Crippen molar-refractivity contribution in [2.75, 3.05) is 6.54 Å². The van der Waals surface area contributed by atoms with Gasteiger partial charge in [0.05, 0.1) is 17.3 Å². The molecule has 0 bridgehead atoms. The molecule has 1 spiro atoms. The molecule has 2 amide bonds. The van der Waals surface area contributed by atoms with E-state index in [-0.39, 0.29) is 23.3 Å². The summed E-state index contributed by atoms with van der Waals surface area (Å²) in [5, 5.41) is 14.5. The number of aromatic carboxylic acids is 1. The summed E-state index contributed by atoms with van der Waals surface area (Å²) in [4.78, 5) is 22.8. The Morgan fingerprint density at radius 1 is 1.08 bits per heavy atom. The Balaban J connectivity index is 1.37. The molecule has 1 aromatic carbocycles. The molecule has 6 nitrogen and oxygen atoms in total. The maximum absolute atomic E-state index is 11.9. The molecule has 0 aromatic heterocycles. The monoisotopic (exact) mass is 346 g/mol. The third kappa shape index (κ3) is 4.72. The lowest BCUT2D eigenvalue weighted by atomic mass is 9.83. The van der Waals surface area contributed by atoms with E-state index < -0.39 is 5.97 Å². The van der Waals surface area contributed by atoms with Crippen molar-refractivity contribution in [1.82, 2.24) is 10.6 Å². The molecule has 1 unspecified atom stereocenters. The highest BCUT2D eigenvalue weighted by Crippen LogP contribution is 2.41. The Kier molecular flexibility index (Phi) is 5.58. The van der Waals surface area contributed by atoms with E-state index in [0.717, 1.165) is 31.2 Å². The van der Waals surface area contributed by atoms with Crippen LogP contribution in [0.25, 0.3) is 0 Å². The van der Waals surface area contributed by atoms with Crippen LogP contribution in [-0.2, 0) is 11.3 Å². The fourth-order valence-electron chi connectivity index (χ4n) is 3.82. The molecule has 1 aliphatic heterocycles. The third-order valence-electron chi connectivity index (χ3n) is 5.25. The van der Waals surface area contributed by atoms with Crippen molar-refractivity contribution < 1.29 is 19.4 Å². The zero-order chi connectivity index (χ0) is 17.7. The van der Waals surface area contributed by atoms with Crippen molar-refractivity contribution in [3.05, 3.63) is 35.4 Å². The van der Waals surface area contributed by atoms with Crippen molar-refractivity contribution in [3.63, 3.8) is 0 Å². The molecule has 3 rings (SSSR count). The highest BCUT2D eigenvalue weighted by Gasteiger charge is 2.40. The minimum absolute atomic E-state index is 0.0763. The SMILES string of the molecule is O=C(NCc1ccc(C(=O)O)cc1)NCC1CCC2(CCCCC2)O1. The van der Waals surface area contributed by atoms with Crippen LogP contribution in [0.15, 0.2) is 24.3 Å². The number of hydrogen-bond donors (Lipinski definition) is 3. The van der Waals surface area contributed by atoms with Gasteiger partial charge in [0.2, 0.25) is 0 Å². The van der Waals surface area contributed by atoms with Crippen molar-refractivity contribution >= 4 is 12.0 Å². The maximum Gasteiger partial charge on any atom is 0.335 e. The predicted octanol–water partition coefficient (Wildman–Crippen LogP) is 3.07. The topological polar surface area (TPSA) is 87.7 Å². The molecule has 1 saturated carbocycles. The summed E-state index contributed by atoms with van der Waals surface area (Å²) in [5.41, 5.74) is 1.18. The number of carboxylic acids is 1. The molecular weight excluding hydrogens is 320 g/mol. The second-order valence-electron chi connectivity index (χ2n) is 7.09. The number of rotatable bonds is 5. The Morgan fingerprint density at radius 2 is 1.80 bits per heavy atom. The number of carbonyl (C=O) groups is 2. The fourth-order valence-corrected chi connectivity index (χ4v) is 3.82. The first-order valence-corrected chi connectivity index (χ1v) is 9.08. The van der Waals surface area contributed by atoms with E-state index in [1.165, 1.54) is 31.4 Å². The summed E-state index contributed by atoms with van der Waals surface area (Å²) in [6, 6.07) is 6.25. The van der Waals surface area contributed by atoms with Gasteiger partial charge in [0.15, 0.2) is 0 Å². The number of nitrogens with one attached hydrogen (secondary N) is 2. The molecule has 2 fully saturated rings. The van der Waals surface area contributed by atoms with Gasteiger partial charge < -0.3 is 20.5 Å². The van der Waals surface area contributed by atoms with Crippen LogP contribution in [0.5, 0.6) is 0 Å². The van der Waals surface area contributed by atoms with Gasteiger partial charge in [0.1, 0.15) is 0 Å². The van der Waals surface area contributed by atoms with E-state index in [9.17, 15) is 9.59 Å². The van der Waals surface area contributed by atoms with Crippen LogP contribution in [-0.4, -0.2) is 35.4 Å². The van der Waals surface area contributed by atoms with E-state index in [2.05, 4.69) is 10.6 Å². The Hall–Kier alpha value is -2.08.